The number of aliphatic hydroxyl groups excluding tert-OH is 1. The monoisotopic (exact) mass is 274 g/mol. The molecule has 0 aliphatic carbocycles. The van der Waals surface area contributed by atoms with Gasteiger partial charge in [-0.15, -0.1) is 0 Å². The molecule has 102 valence electrons. The molecule has 9 heteroatoms. The van der Waals surface area contributed by atoms with Gasteiger partial charge in [0, 0.05) is 6.20 Å². The maximum Gasteiger partial charge on any atom is 0.414 e. The molecule has 0 fully saturated rings. The van der Waals surface area contributed by atoms with E-state index in [0.717, 1.165) is 0 Å². The third-order valence-electron chi connectivity index (χ3n) is 2.22. The topological polar surface area (TPSA) is 84.9 Å². The summed E-state index contributed by atoms with van der Waals surface area (Å²) in [5.41, 5.74) is 0.337. The van der Waals surface area contributed by atoms with Crippen LogP contribution in [0.25, 0.3) is 11.5 Å². The molecule has 0 bridgehead atoms. The molecule has 1 N–H and O–H groups in total. The minimum Gasteiger partial charge on any atom is -0.383 e. The van der Waals surface area contributed by atoms with E-state index < -0.39 is 18.7 Å². The van der Waals surface area contributed by atoms with Crippen LogP contribution >= 0.6 is 0 Å². The summed E-state index contributed by atoms with van der Waals surface area (Å²) in [6.45, 7) is 1.65. The van der Waals surface area contributed by atoms with Gasteiger partial charge < -0.3 is 9.63 Å². The molecule has 0 spiro atoms. The number of alkyl halides is 3. The van der Waals surface area contributed by atoms with Crippen LogP contribution in [0.1, 0.15) is 11.7 Å². The first kappa shape index (κ1) is 13.4. The maximum absolute atomic E-state index is 12.2. The number of halogens is 3. The standard InChI is InChI=1S/C10H9F3N4O2/c1-5-14-3-2-6(15-5)9-16-8(19-17-9)4-7(18)10(11,12)13/h2-3,7,18H,4H2,1H3. The van der Waals surface area contributed by atoms with Crippen LogP contribution in [-0.4, -0.2) is 37.5 Å². The molecule has 0 amide bonds. The Morgan fingerprint density at radius 1 is 1.37 bits per heavy atom. The van der Waals surface area contributed by atoms with Gasteiger partial charge in [0.2, 0.25) is 11.7 Å². The van der Waals surface area contributed by atoms with Crippen LogP contribution in [0.15, 0.2) is 16.8 Å². The summed E-state index contributed by atoms with van der Waals surface area (Å²) in [4.78, 5) is 11.6. The zero-order valence-corrected chi connectivity index (χ0v) is 9.72. The van der Waals surface area contributed by atoms with Crippen molar-refractivity contribution >= 4 is 0 Å². The molecular weight excluding hydrogens is 265 g/mol. The molecule has 2 aromatic rings. The summed E-state index contributed by atoms with van der Waals surface area (Å²) in [5, 5.41) is 12.4. The fraction of sp³-hybridized carbons (Fsp3) is 0.400. The molecule has 0 aromatic carbocycles. The highest BCUT2D eigenvalue weighted by atomic mass is 19.4. The molecule has 0 radical (unpaired) electrons. The number of aryl methyl sites for hydroxylation is 1. The van der Waals surface area contributed by atoms with Crippen LogP contribution < -0.4 is 0 Å². The van der Waals surface area contributed by atoms with Crippen molar-refractivity contribution in [2.75, 3.05) is 0 Å². The van der Waals surface area contributed by atoms with Gasteiger partial charge in [-0.2, -0.15) is 18.2 Å². The zero-order chi connectivity index (χ0) is 14.0. The van der Waals surface area contributed by atoms with Crippen LogP contribution in [0.3, 0.4) is 0 Å². The highest BCUT2D eigenvalue weighted by Gasteiger charge is 2.39. The van der Waals surface area contributed by atoms with Gasteiger partial charge in [0.25, 0.3) is 0 Å². The number of hydrogen-bond acceptors (Lipinski definition) is 6. The van der Waals surface area contributed by atoms with Crippen molar-refractivity contribution in [1.82, 2.24) is 20.1 Å². The fourth-order valence-corrected chi connectivity index (χ4v) is 1.30. The van der Waals surface area contributed by atoms with Crippen molar-refractivity contribution in [3.63, 3.8) is 0 Å². The van der Waals surface area contributed by atoms with E-state index in [4.69, 9.17) is 5.11 Å². The Morgan fingerprint density at radius 3 is 2.74 bits per heavy atom. The summed E-state index contributed by atoms with van der Waals surface area (Å²) < 4.78 is 41.1. The maximum atomic E-state index is 12.2. The molecule has 2 aromatic heterocycles. The van der Waals surface area contributed by atoms with Gasteiger partial charge in [-0.3, -0.25) is 0 Å². The third-order valence-corrected chi connectivity index (χ3v) is 2.22. The average Bonchev–Trinajstić information content (AvgIpc) is 2.76. The third kappa shape index (κ3) is 3.25. The van der Waals surface area contributed by atoms with Gasteiger partial charge in [0.05, 0.1) is 6.42 Å². The lowest BCUT2D eigenvalue weighted by Crippen LogP contribution is -2.30. The van der Waals surface area contributed by atoms with E-state index in [1.165, 1.54) is 12.3 Å². The fourth-order valence-electron chi connectivity index (χ4n) is 1.30. The molecule has 0 saturated heterocycles. The molecule has 19 heavy (non-hydrogen) atoms. The average molecular weight is 274 g/mol. The van der Waals surface area contributed by atoms with Crippen LogP contribution in [0.2, 0.25) is 0 Å². The van der Waals surface area contributed by atoms with Gasteiger partial charge in [-0.25, -0.2) is 9.97 Å². The van der Waals surface area contributed by atoms with E-state index >= 15 is 0 Å². The van der Waals surface area contributed by atoms with E-state index in [1.54, 1.807) is 6.92 Å². The Bertz CT molecular complexity index is 570. The molecule has 0 saturated carbocycles. The minimum absolute atomic E-state index is 0.0508. The zero-order valence-electron chi connectivity index (χ0n) is 9.72. The second-order valence-corrected chi connectivity index (χ2v) is 3.76. The quantitative estimate of drug-likeness (QED) is 0.908. The van der Waals surface area contributed by atoms with Gasteiger partial charge in [-0.05, 0) is 13.0 Å². The molecule has 1 unspecified atom stereocenters. The summed E-state index contributed by atoms with van der Waals surface area (Å²) in [6.07, 6.45) is -6.58. The second-order valence-electron chi connectivity index (χ2n) is 3.76. The Kier molecular flexibility index (Phi) is 3.47. The predicted octanol–water partition coefficient (Wildman–Crippen LogP) is 1.30. The first-order valence-electron chi connectivity index (χ1n) is 5.23. The van der Waals surface area contributed by atoms with Gasteiger partial charge >= 0.3 is 6.18 Å². The van der Waals surface area contributed by atoms with E-state index in [2.05, 4.69) is 24.6 Å². The Hall–Kier alpha value is -2.03. The molecule has 0 aliphatic rings. The van der Waals surface area contributed by atoms with Crippen molar-refractivity contribution in [2.24, 2.45) is 0 Å². The van der Waals surface area contributed by atoms with E-state index in [0.29, 0.717) is 11.5 Å². The second kappa shape index (κ2) is 4.92. The lowest BCUT2D eigenvalue weighted by Gasteiger charge is -2.11. The molecule has 2 rings (SSSR count). The van der Waals surface area contributed by atoms with E-state index in [1.807, 2.05) is 0 Å². The molecular formula is C10H9F3N4O2. The summed E-state index contributed by atoms with van der Waals surface area (Å²) in [7, 11) is 0. The van der Waals surface area contributed by atoms with Crippen molar-refractivity contribution in [2.45, 2.75) is 25.6 Å². The highest BCUT2D eigenvalue weighted by Crippen LogP contribution is 2.23. The van der Waals surface area contributed by atoms with E-state index in [9.17, 15) is 13.2 Å². The highest BCUT2D eigenvalue weighted by molar-refractivity contribution is 5.46. The largest absolute Gasteiger partial charge is 0.414 e. The Labute approximate surface area is 105 Å². The van der Waals surface area contributed by atoms with Crippen LogP contribution in [0.4, 0.5) is 13.2 Å². The van der Waals surface area contributed by atoms with Crippen LogP contribution in [0, 0.1) is 6.92 Å². The minimum atomic E-state index is -4.72. The van der Waals surface area contributed by atoms with Crippen molar-refractivity contribution < 1.29 is 22.8 Å². The Morgan fingerprint density at radius 2 is 2.11 bits per heavy atom. The number of nitrogens with zero attached hydrogens (tertiary/aromatic N) is 4. The van der Waals surface area contributed by atoms with Gasteiger partial charge in [0.1, 0.15) is 11.5 Å². The summed E-state index contributed by atoms with van der Waals surface area (Å²) in [6, 6.07) is 1.50. The number of rotatable bonds is 3. The van der Waals surface area contributed by atoms with Crippen LogP contribution in [-0.2, 0) is 6.42 Å². The van der Waals surface area contributed by atoms with Crippen LogP contribution in [0.5, 0.6) is 0 Å². The van der Waals surface area contributed by atoms with E-state index in [-0.39, 0.29) is 11.7 Å². The summed E-state index contributed by atoms with van der Waals surface area (Å²) >= 11 is 0. The smallest absolute Gasteiger partial charge is 0.383 e. The lowest BCUT2D eigenvalue weighted by atomic mass is 10.2. The summed E-state index contributed by atoms with van der Waals surface area (Å²) in [5.74, 6) is 0.213. The molecule has 6 nitrogen and oxygen atoms in total. The number of aliphatic hydroxyl groups is 1. The van der Waals surface area contributed by atoms with Crippen molar-refractivity contribution in [3.8, 4) is 11.5 Å². The lowest BCUT2D eigenvalue weighted by molar-refractivity contribution is -0.204. The molecule has 0 aliphatic heterocycles. The normalized spacial score (nSPS) is 13.5. The number of aromatic nitrogens is 4. The Balaban J connectivity index is 2.16. The SMILES string of the molecule is Cc1nccc(-c2noc(CC(O)C(F)(F)F)n2)n1. The van der Waals surface area contributed by atoms with Crippen molar-refractivity contribution in [3.05, 3.63) is 24.0 Å². The predicted molar refractivity (Wildman–Crippen MR) is 55.8 cm³/mol. The van der Waals surface area contributed by atoms with Gasteiger partial charge in [-0.1, -0.05) is 5.16 Å². The van der Waals surface area contributed by atoms with Gasteiger partial charge in [0.15, 0.2) is 6.10 Å². The first-order chi connectivity index (χ1) is 8.86. The molecule has 2 heterocycles. The van der Waals surface area contributed by atoms with Crippen molar-refractivity contribution in [1.29, 1.82) is 0 Å². The molecule has 1 atom stereocenters. The number of hydrogen-bond donors (Lipinski definition) is 1. The first-order valence-corrected chi connectivity index (χ1v) is 5.23.